The first-order chi connectivity index (χ1) is 8.61. The zero-order chi connectivity index (χ0) is 13.4. The highest BCUT2D eigenvalue weighted by Gasteiger charge is 2.10. The Morgan fingerprint density at radius 3 is 2.44 bits per heavy atom. The first-order valence-electron chi connectivity index (χ1n) is 6.71. The van der Waals surface area contributed by atoms with Crippen molar-refractivity contribution in [3.8, 4) is 0 Å². The van der Waals surface area contributed by atoms with Crippen LogP contribution in [0.3, 0.4) is 0 Å². The maximum absolute atomic E-state index is 3.66. The molecule has 102 valence electrons. The second kappa shape index (κ2) is 9.00. The van der Waals surface area contributed by atoms with E-state index in [1.807, 2.05) is 11.8 Å². The summed E-state index contributed by atoms with van der Waals surface area (Å²) in [6, 6.07) is 9.26. The van der Waals surface area contributed by atoms with Gasteiger partial charge in [-0.3, -0.25) is 0 Å². The van der Waals surface area contributed by atoms with Crippen LogP contribution in [0, 0.1) is 0 Å². The highest BCUT2D eigenvalue weighted by atomic mass is 79.9. The maximum atomic E-state index is 3.66. The summed E-state index contributed by atoms with van der Waals surface area (Å²) < 4.78 is 1.15. The van der Waals surface area contributed by atoms with Gasteiger partial charge in [0.05, 0.1) is 0 Å². The Morgan fingerprint density at radius 2 is 1.89 bits per heavy atom. The van der Waals surface area contributed by atoms with Crippen LogP contribution < -0.4 is 5.32 Å². The second-order valence-corrected chi connectivity index (χ2v) is 7.39. The van der Waals surface area contributed by atoms with Gasteiger partial charge in [-0.05, 0) is 42.3 Å². The van der Waals surface area contributed by atoms with Crippen LogP contribution in [-0.2, 0) is 6.42 Å². The van der Waals surface area contributed by atoms with Gasteiger partial charge >= 0.3 is 0 Å². The molecule has 0 fully saturated rings. The highest BCUT2D eigenvalue weighted by Crippen LogP contribution is 2.16. The first-order valence-corrected chi connectivity index (χ1v) is 8.55. The molecule has 0 heterocycles. The summed E-state index contributed by atoms with van der Waals surface area (Å²) in [5, 5.41) is 4.36. The van der Waals surface area contributed by atoms with Gasteiger partial charge in [0.2, 0.25) is 0 Å². The summed E-state index contributed by atoms with van der Waals surface area (Å²) in [6.45, 7) is 7.86. The fourth-order valence-corrected chi connectivity index (χ4v) is 2.87. The average Bonchev–Trinajstić information content (AvgIpc) is 2.35. The largest absolute Gasteiger partial charge is 0.313 e. The molecule has 1 rings (SSSR count). The third kappa shape index (κ3) is 6.81. The van der Waals surface area contributed by atoms with Crippen LogP contribution in [0.1, 0.15) is 32.8 Å². The van der Waals surface area contributed by atoms with Crippen LogP contribution >= 0.6 is 27.7 Å². The lowest BCUT2D eigenvalue weighted by atomic mass is 10.1. The monoisotopic (exact) mass is 329 g/mol. The van der Waals surface area contributed by atoms with Crippen molar-refractivity contribution < 1.29 is 0 Å². The fraction of sp³-hybridized carbons (Fsp3) is 0.600. The van der Waals surface area contributed by atoms with Crippen LogP contribution in [-0.4, -0.2) is 23.6 Å². The van der Waals surface area contributed by atoms with Crippen molar-refractivity contribution in [1.29, 1.82) is 0 Å². The summed E-state index contributed by atoms with van der Waals surface area (Å²) in [5.74, 6) is 1.19. The first kappa shape index (κ1) is 16.1. The molecule has 1 unspecified atom stereocenters. The van der Waals surface area contributed by atoms with Gasteiger partial charge in [0, 0.05) is 16.3 Å². The zero-order valence-corrected chi connectivity index (χ0v) is 14.0. The molecule has 1 N–H and O–H groups in total. The van der Waals surface area contributed by atoms with Crippen LogP contribution in [0.2, 0.25) is 0 Å². The predicted octanol–water partition coefficient (Wildman–Crippen LogP) is 4.50. The van der Waals surface area contributed by atoms with Crippen LogP contribution in [0.4, 0.5) is 0 Å². The lowest BCUT2D eigenvalue weighted by molar-refractivity contribution is 0.550. The predicted molar refractivity (Wildman–Crippen MR) is 87.5 cm³/mol. The van der Waals surface area contributed by atoms with Crippen molar-refractivity contribution in [3.05, 3.63) is 34.3 Å². The number of hydrogen-bond donors (Lipinski definition) is 1. The third-order valence-corrected chi connectivity index (χ3v) is 4.50. The van der Waals surface area contributed by atoms with Gasteiger partial charge in [-0.2, -0.15) is 11.8 Å². The molecule has 0 aromatic heterocycles. The molecule has 0 amide bonds. The quantitative estimate of drug-likeness (QED) is 0.753. The SMILES string of the molecule is CCCNC(CSC(C)C)Cc1ccc(Br)cc1. The number of rotatable bonds is 8. The maximum Gasteiger partial charge on any atom is 0.0198 e. The summed E-state index contributed by atoms with van der Waals surface area (Å²) in [7, 11) is 0. The van der Waals surface area contributed by atoms with Crippen molar-refractivity contribution in [1.82, 2.24) is 5.32 Å². The topological polar surface area (TPSA) is 12.0 Å². The van der Waals surface area contributed by atoms with Crippen LogP contribution in [0.15, 0.2) is 28.7 Å². The van der Waals surface area contributed by atoms with E-state index in [-0.39, 0.29) is 0 Å². The molecule has 0 aliphatic rings. The third-order valence-electron chi connectivity index (χ3n) is 2.71. The van der Waals surface area contributed by atoms with E-state index in [4.69, 9.17) is 0 Å². The van der Waals surface area contributed by atoms with E-state index in [1.165, 1.54) is 17.7 Å². The molecule has 1 nitrogen and oxygen atoms in total. The molecule has 3 heteroatoms. The molecule has 18 heavy (non-hydrogen) atoms. The summed E-state index contributed by atoms with van der Waals surface area (Å²) in [5.41, 5.74) is 1.41. The van der Waals surface area contributed by atoms with Gasteiger partial charge in [0.25, 0.3) is 0 Å². The number of benzene rings is 1. The number of nitrogens with one attached hydrogen (secondary N) is 1. The number of hydrogen-bond acceptors (Lipinski definition) is 2. The molecular weight excluding hydrogens is 306 g/mol. The fourth-order valence-electron chi connectivity index (χ4n) is 1.75. The Kier molecular flexibility index (Phi) is 8.03. The van der Waals surface area contributed by atoms with Gasteiger partial charge in [-0.15, -0.1) is 0 Å². The summed E-state index contributed by atoms with van der Waals surface area (Å²) in [6.07, 6.45) is 2.32. The van der Waals surface area contributed by atoms with Gasteiger partial charge in [-0.1, -0.05) is 48.8 Å². The average molecular weight is 330 g/mol. The van der Waals surface area contributed by atoms with E-state index in [2.05, 4.69) is 66.3 Å². The Bertz CT molecular complexity index is 324. The van der Waals surface area contributed by atoms with Crippen molar-refractivity contribution in [2.75, 3.05) is 12.3 Å². The normalized spacial score (nSPS) is 12.9. The van der Waals surface area contributed by atoms with E-state index >= 15 is 0 Å². The lowest BCUT2D eigenvalue weighted by Gasteiger charge is -2.19. The Labute approximate surface area is 124 Å². The van der Waals surface area contributed by atoms with Crippen molar-refractivity contribution in [3.63, 3.8) is 0 Å². The van der Waals surface area contributed by atoms with E-state index in [0.717, 1.165) is 17.4 Å². The van der Waals surface area contributed by atoms with Gasteiger partial charge < -0.3 is 5.32 Å². The minimum absolute atomic E-state index is 0.582. The van der Waals surface area contributed by atoms with Gasteiger partial charge in [0.1, 0.15) is 0 Å². The molecule has 0 saturated carbocycles. The zero-order valence-electron chi connectivity index (χ0n) is 11.6. The van der Waals surface area contributed by atoms with E-state index < -0.39 is 0 Å². The van der Waals surface area contributed by atoms with Crippen molar-refractivity contribution in [2.45, 2.75) is 44.9 Å². The van der Waals surface area contributed by atoms with E-state index in [0.29, 0.717) is 11.3 Å². The second-order valence-electron chi connectivity index (χ2n) is 4.86. The molecule has 1 aromatic rings. The van der Waals surface area contributed by atoms with Crippen LogP contribution in [0.5, 0.6) is 0 Å². The molecule has 0 bridgehead atoms. The minimum atomic E-state index is 0.582. The number of thioether (sulfide) groups is 1. The summed E-state index contributed by atoms with van der Waals surface area (Å²) in [4.78, 5) is 0. The molecule has 0 aliphatic heterocycles. The Morgan fingerprint density at radius 1 is 1.22 bits per heavy atom. The van der Waals surface area contributed by atoms with Crippen molar-refractivity contribution in [2.24, 2.45) is 0 Å². The molecule has 0 aliphatic carbocycles. The number of halogens is 1. The summed E-state index contributed by atoms with van der Waals surface area (Å²) >= 11 is 5.52. The lowest BCUT2D eigenvalue weighted by Crippen LogP contribution is -2.34. The molecule has 1 aromatic carbocycles. The minimum Gasteiger partial charge on any atom is -0.313 e. The Hall–Kier alpha value is 0.01000. The molecule has 1 atom stereocenters. The molecule has 0 radical (unpaired) electrons. The molecular formula is C15H24BrNS. The standard InChI is InChI=1S/C15H24BrNS/c1-4-9-17-15(11-18-12(2)3)10-13-5-7-14(16)8-6-13/h5-8,12,15,17H,4,9-11H2,1-3H3. The van der Waals surface area contributed by atoms with Crippen molar-refractivity contribution >= 4 is 27.7 Å². The van der Waals surface area contributed by atoms with E-state index in [1.54, 1.807) is 0 Å². The smallest absolute Gasteiger partial charge is 0.0198 e. The van der Waals surface area contributed by atoms with E-state index in [9.17, 15) is 0 Å². The van der Waals surface area contributed by atoms with Gasteiger partial charge in [-0.25, -0.2) is 0 Å². The molecule has 0 saturated heterocycles. The highest BCUT2D eigenvalue weighted by molar-refractivity contribution is 9.10. The van der Waals surface area contributed by atoms with Gasteiger partial charge in [0.15, 0.2) is 0 Å². The van der Waals surface area contributed by atoms with Crippen LogP contribution in [0.25, 0.3) is 0 Å². The Balaban J connectivity index is 2.50. The molecule has 0 spiro atoms.